The van der Waals surface area contributed by atoms with Crippen LogP contribution in [0.1, 0.15) is 32.7 Å². The van der Waals surface area contributed by atoms with Crippen molar-refractivity contribution in [3.63, 3.8) is 0 Å². The van der Waals surface area contributed by atoms with Crippen molar-refractivity contribution in [1.82, 2.24) is 4.57 Å². The molecule has 0 radical (unpaired) electrons. The van der Waals surface area contributed by atoms with Gasteiger partial charge in [0.15, 0.2) is 5.58 Å². The first kappa shape index (κ1) is 14.4. The predicted octanol–water partition coefficient (Wildman–Crippen LogP) is 3.99. The van der Waals surface area contributed by atoms with Crippen LogP contribution in [-0.4, -0.2) is 17.6 Å². The zero-order valence-corrected chi connectivity index (χ0v) is 13.3. The van der Waals surface area contributed by atoms with Crippen LogP contribution in [0.3, 0.4) is 0 Å². The summed E-state index contributed by atoms with van der Waals surface area (Å²) in [6, 6.07) is 7.94. The standard InChI is InChI=1S/C18H19NO3/c1-11-7-12(2)14(13(3)8-11)10-19-15-5-6-22-17(15)9-16(19)18(20)21-4/h5-9H,10H2,1-4H3. The maximum atomic E-state index is 12.0. The number of fused-ring (bicyclic) bond motifs is 1. The third kappa shape index (κ3) is 2.30. The monoisotopic (exact) mass is 297 g/mol. The molecule has 0 spiro atoms. The molecule has 0 fully saturated rings. The molecule has 0 aliphatic rings. The number of carbonyl (C=O) groups excluding carboxylic acids is 1. The summed E-state index contributed by atoms with van der Waals surface area (Å²) in [7, 11) is 1.39. The number of benzene rings is 1. The van der Waals surface area contributed by atoms with Crippen LogP contribution in [0.15, 0.2) is 34.9 Å². The quantitative estimate of drug-likeness (QED) is 0.686. The molecule has 0 N–H and O–H groups in total. The molecule has 1 aromatic carbocycles. The van der Waals surface area contributed by atoms with Crippen LogP contribution in [0.2, 0.25) is 0 Å². The van der Waals surface area contributed by atoms with E-state index in [-0.39, 0.29) is 5.97 Å². The van der Waals surface area contributed by atoms with Gasteiger partial charge in [0.25, 0.3) is 0 Å². The van der Waals surface area contributed by atoms with Crippen LogP contribution >= 0.6 is 0 Å². The Morgan fingerprint density at radius 2 is 1.86 bits per heavy atom. The van der Waals surface area contributed by atoms with Gasteiger partial charge in [-0.1, -0.05) is 17.7 Å². The molecule has 2 aromatic heterocycles. The fraction of sp³-hybridized carbons (Fsp3) is 0.278. The first-order valence-electron chi connectivity index (χ1n) is 7.23. The number of esters is 1. The highest BCUT2D eigenvalue weighted by Crippen LogP contribution is 2.25. The summed E-state index contributed by atoms with van der Waals surface area (Å²) >= 11 is 0. The highest BCUT2D eigenvalue weighted by Gasteiger charge is 2.19. The molecule has 0 atom stereocenters. The Bertz CT molecular complexity index is 831. The molecule has 0 saturated carbocycles. The molecule has 2 heterocycles. The second kappa shape index (κ2) is 5.37. The molecule has 0 amide bonds. The van der Waals surface area contributed by atoms with Crippen molar-refractivity contribution in [3.05, 3.63) is 58.5 Å². The Morgan fingerprint density at radius 3 is 2.50 bits per heavy atom. The maximum absolute atomic E-state index is 12.0. The van der Waals surface area contributed by atoms with Gasteiger partial charge in [-0.2, -0.15) is 0 Å². The van der Waals surface area contributed by atoms with E-state index in [2.05, 4.69) is 32.9 Å². The molecular weight excluding hydrogens is 278 g/mol. The van der Waals surface area contributed by atoms with E-state index in [1.807, 2.05) is 10.6 Å². The molecule has 3 aromatic rings. The van der Waals surface area contributed by atoms with Crippen molar-refractivity contribution in [2.45, 2.75) is 27.3 Å². The average molecular weight is 297 g/mol. The van der Waals surface area contributed by atoms with Gasteiger partial charge >= 0.3 is 5.97 Å². The lowest BCUT2D eigenvalue weighted by molar-refractivity contribution is 0.0589. The van der Waals surface area contributed by atoms with Gasteiger partial charge in [-0.25, -0.2) is 4.79 Å². The normalized spacial score (nSPS) is 11.1. The van der Waals surface area contributed by atoms with Gasteiger partial charge in [-0.15, -0.1) is 0 Å². The van der Waals surface area contributed by atoms with Crippen molar-refractivity contribution in [1.29, 1.82) is 0 Å². The van der Waals surface area contributed by atoms with Crippen molar-refractivity contribution in [2.75, 3.05) is 7.11 Å². The molecule has 114 valence electrons. The minimum Gasteiger partial charge on any atom is -0.464 e. The molecule has 22 heavy (non-hydrogen) atoms. The second-order valence-electron chi connectivity index (χ2n) is 5.65. The van der Waals surface area contributed by atoms with E-state index >= 15 is 0 Å². The number of rotatable bonds is 3. The van der Waals surface area contributed by atoms with Crippen LogP contribution < -0.4 is 0 Å². The highest BCUT2D eigenvalue weighted by molar-refractivity contribution is 5.94. The van der Waals surface area contributed by atoms with Crippen LogP contribution in [0.25, 0.3) is 11.1 Å². The summed E-state index contributed by atoms with van der Waals surface area (Å²) in [5, 5.41) is 0. The number of ether oxygens (including phenoxy) is 1. The van der Waals surface area contributed by atoms with Crippen molar-refractivity contribution >= 4 is 17.1 Å². The Kier molecular flexibility index (Phi) is 3.53. The molecule has 0 unspecified atom stereocenters. The van der Waals surface area contributed by atoms with E-state index in [1.54, 1.807) is 12.3 Å². The van der Waals surface area contributed by atoms with Crippen LogP contribution in [-0.2, 0) is 11.3 Å². The van der Waals surface area contributed by atoms with E-state index in [4.69, 9.17) is 9.15 Å². The maximum Gasteiger partial charge on any atom is 0.354 e. The lowest BCUT2D eigenvalue weighted by Gasteiger charge is -2.14. The van der Waals surface area contributed by atoms with Gasteiger partial charge in [0.05, 0.1) is 18.9 Å². The first-order valence-corrected chi connectivity index (χ1v) is 7.23. The van der Waals surface area contributed by atoms with E-state index in [9.17, 15) is 4.79 Å². The Balaban J connectivity index is 2.14. The summed E-state index contributed by atoms with van der Waals surface area (Å²) in [4.78, 5) is 12.0. The summed E-state index contributed by atoms with van der Waals surface area (Å²) < 4.78 is 12.3. The molecule has 4 nitrogen and oxygen atoms in total. The molecule has 4 heteroatoms. The number of furan rings is 1. The number of methoxy groups -OCH3 is 1. The smallest absolute Gasteiger partial charge is 0.354 e. The van der Waals surface area contributed by atoms with Gasteiger partial charge in [0, 0.05) is 18.7 Å². The largest absolute Gasteiger partial charge is 0.464 e. The van der Waals surface area contributed by atoms with Crippen molar-refractivity contribution in [3.8, 4) is 0 Å². The Labute approximate surface area is 129 Å². The molecule has 3 rings (SSSR count). The number of nitrogens with zero attached hydrogens (tertiary/aromatic N) is 1. The molecule has 0 aliphatic carbocycles. The topological polar surface area (TPSA) is 44.4 Å². The average Bonchev–Trinajstić information content (AvgIpc) is 3.03. The van der Waals surface area contributed by atoms with Crippen LogP contribution in [0.5, 0.6) is 0 Å². The third-order valence-electron chi connectivity index (χ3n) is 4.07. The van der Waals surface area contributed by atoms with Gasteiger partial charge in [0.1, 0.15) is 5.69 Å². The predicted molar refractivity (Wildman–Crippen MR) is 85.3 cm³/mol. The van der Waals surface area contributed by atoms with E-state index in [0.717, 1.165) is 5.52 Å². The zero-order valence-electron chi connectivity index (χ0n) is 13.3. The summed E-state index contributed by atoms with van der Waals surface area (Å²) in [6.45, 7) is 6.91. The summed E-state index contributed by atoms with van der Waals surface area (Å²) in [5.74, 6) is -0.353. The van der Waals surface area contributed by atoms with Crippen LogP contribution in [0.4, 0.5) is 0 Å². The third-order valence-corrected chi connectivity index (χ3v) is 4.07. The number of carbonyl (C=O) groups is 1. The fourth-order valence-electron chi connectivity index (χ4n) is 3.04. The van der Waals surface area contributed by atoms with E-state index in [0.29, 0.717) is 17.8 Å². The SMILES string of the molecule is COC(=O)c1cc2occc2n1Cc1c(C)cc(C)cc1C. The lowest BCUT2D eigenvalue weighted by atomic mass is 10.00. The number of aromatic nitrogens is 1. The van der Waals surface area contributed by atoms with Gasteiger partial charge in [0.2, 0.25) is 0 Å². The molecule has 0 bridgehead atoms. The highest BCUT2D eigenvalue weighted by atomic mass is 16.5. The lowest BCUT2D eigenvalue weighted by Crippen LogP contribution is -2.12. The first-order chi connectivity index (χ1) is 10.5. The number of hydrogen-bond acceptors (Lipinski definition) is 3. The van der Waals surface area contributed by atoms with Gasteiger partial charge in [-0.05, 0) is 37.5 Å². The van der Waals surface area contributed by atoms with Gasteiger partial charge in [-0.3, -0.25) is 0 Å². The van der Waals surface area contributed by atoms with E-state index < -0.39 is 0 Å². The Hall–Kier alpha value is -2.49. The van der Waals surface area contributed by atoms with Crippen molar-refractivity contribution < 1.29 is 13.9 Å². The van der Waals surface area contributed by atoms with E-state index in [1.165, 1.54) is 29.4 Å². The minimum absolute atomic E-state index is 0.353. The Morgan fingerprint density at radius 1 is 1.18 bits per heavy atom. The zero-order chi connectivity index (χ0) is 15.9. The molecule has 0 aliphatic heterocycles. The summed E-state index contributed by atoms with van der Waals surface area (Å²) in [5.41, 5.74) is 7.01. The fourth-order valence-corrected chi connectivity index (χ4v) is 3.04. The van der Waals surface area contributed by atoms with Gasteiger partial charge < -0.3 is 13.7 Å². The number of hydrogen-bond donors (Lipinski definition) is 0. The summed E-state index contributed by atoms with van der Waals surface area (Å²) in [6.07, 6.45) is 1.64. The minimum atomic E-state index is -0.353. The second-order valence-corrected chi connectivity index (χ2v) is 5.65. The number of aryl methyl sites for hydroxylation is 3. The molecular formula is C18H19NO3. The molecule has 0 saturated heterocycles. The van der Waals surface area contributed by atoms with Crippen molar-refractivity contribution in [2.24, 2.45) is 0 Å². The van der Waals surface area contributed by atoms with Crippen LogP contribution in [0, 0.1) is 20.8 Å².